The van der Waals surface area contributed by atoms with Crippen LogP contribution in [0.3, 0.4) is 0 Å². The third kappa shape index (κ3) is 4.66. The van der Waals surface area contributed by atoms with Gasteiger partial charge >= 0.3 is 6.18 Å². The van der Waals surface area contributed by atoms with Gasteiger partial charge in [0.15, 0.2) is 0 Å². The highest BCUT2D eigenvalue weighted by molar-refractivity contribution is 5.96. The molecule has 1 amide bonds. The van der Waals surface area contributed by atoms with Gasteiger partial charge in [-0.2, -0.15) is 13.2 Å². The highest BCUT2D eigenvalue weighted by Gasteiger charge is 2.30. The second-order valence-corrected chi connectivity index (χ2v) is 7.41. The van der Waals surface area contributed by atoms with E-state index in [2.05, 4.69) is 4.90 Å². The largest absolute Gasteiger partial charge is 0.416 e. The van der Waals surface area contributed by atoms with Crippen molar-refractivity contribution >= 4 is 11.6 Å². The molecule has 0 spiro atoms. The molecule has 4 rings (SSSR count). The minimum absolute atomic E-state index is 0.0172. The first-order chi connectivity index (χ1) is 14.4. The SMILES string of the molecule is O=C1COCc2ccc(-c3cccc(C(F)(F)F)c3)cc2N1CCN1CCOCC1. The molecule has 5 nitrogen and oxygen atoms in total. The molecule has 1 fully saturated rings. The van der Waals surface area contributed by atoms with E-state index in [1.807, 2.05) is 6.07 Å². The van der Waals surface area contributed by atoms with E-state index < -0.39 is 11.7 Å². The molecule has 8 heteroatoms. The number of anilines is 1. The molecule has 0 radical (unpaired) electrons. The van der Waals surface area contributed by atoms with Gasteiger partial charge in [-0.1, -0.05) is 24.3 Å². The quantitative estimate of drug-likeness (QED) is 0.759. The summed E-state index contributed by atoms with van der Waals surface area (Å²) in [5.41, 5.74) is 1.93. The zero-order valence-corrected chi connectivity index (χ0v) is 16.5. The molecule has 0 aromatic heterocycles. The van der Waals surface area contributed by atoms with Crippen LogP contribution in [0.5, 0.6) is 0 Å². The summed E-state index contributed by atoms with van der Waals surface area (Å²) in [7, 11) is 0. The zero-order chi connectivity index (χ0) is 21.1. The van der Waals surface area contributed by atoms with Crippen LogP contribution in [-0.2, 0) is 27.1 Å². The lowest BCUT2D eigenvalue weighted by Gasteiger charge is -2.30. The second-order valence-electron chi connectivity index (χ2n) is 7.41. The summed E-state index contributed by atoms with van der Waals surface area (Å²) in [6.45, 7) is 4.43. The Balaban J connectivity index is 1.63. The van der Waals surface area contributed by atoms with Gasteiger partial charge in [0.2, 0.25) is 0 Å². The molecule has 0 N–H and O–H groups in total. The maximum atomic E-state index is 13.1. The lowest BCUT2D eigenvalue weighted by atomic mass is 10.00. The Labute approximate surface area is 173 Å². The molecule has 2 heterocycles. The van der Waals surface area contributed by atoms with E-state index in [1.165, 1.54) is 6.07 Å². The van der Waals surface area contributed by atoms with E-state index in [-0.39, 0.29) is 19.1 Å². The van der Waals surface area contributed by atoms with Gasteiger partial charge in [0.05, 0.1) is 25.4 Å². The van der Waals surface area contributed by atoms with E-state index in [4.69, 9.17) is 9.47 Å². The number of ether oxygens (including phenoxy) is 2. The van der Waals surface area contributed by atoms with Crippen LogP contribution in [0, 0.1) is 0 Å². The van der Waals surface area contributed by atoms with Crippen LogP contribution in [0.2, 0.25) is 0 Å². The van der Waals surface area contributed by atoms with Crippen molar-refractivity contribution in [2.24, 2.45) is 0 Å². The van der Waals surface area contributed by atoms with Gasteiger partial charge in [0.1, 0.15) is 6.61 Å². The van der Waals surface area contributed by atoms with Crippen LogP contribution in [0.1, 0.15) is 11.1 Å². The number of morpholine rings is 1. The van der Waals surface area contributed by atoms with E-state index in [0.29, 0.717) is 43.1 Å². The molecular formula is C22H23F3N2O3. The summed E-state index contributed by atoms with van der Waals surface area (Å²) in [5.74, 6) is -0.150. The van der Waals surface area contributed by atoms with Crippen molar-refractivity contribution in [3.63, 3.8) is 0 Å². The van der Waals surface area contributed by atoms with Crippen molar-refractivity contribution in [2.45, 2.75) is 12.8 Å². The highest BCUT2D eigenvalue weighted by Crippen LogP contribution is 2.34. The van der Waals surface area contributed by atoms with Crippen molar-refractivity contribution in [3.05, 3.63) is 53.6 Å². The fourth-order valence-electron chi connectivity index (χ4n) is 3.76. The average molecular weight is 420 g/mol. The minimum atomic E-state index is -4.41. The van der Waals surface area contributed by atoms with Crippen molar-refractivity contribution in [3.8, 4) is 11.1 Å². The van der Waals surface area contributed by atoms with Gasteiger partial charge in [0.25, 0.3) is 5.91 Å². The molecule has 2 aliphatic rings. The first kappa shape index (κ1) is 20.8. The van der Waals surface area contributed by atoms with E-state index in [1.54, 1.807) is 23.1 Å². The van der Waals surface area contributed by atoms with Gasteiger partial charge in [-0.25, -0.2) is 0 Å². The number of carbonyl (C=O) groups is 1. The Morgan fingerprint density at radius 3 is 2.43 bits per heavy atom. The molecule has 2 aliphatic heterocycles. The van der Waals surface area contributed by atoms with Gasteiger partial charge in [-0.3, -0.25) is 9.69 Å². The molecule has 30 heavy (non-hydrogen) atoms. The third-order valence-corrected chi connectivity index (χ3v) is 5.43. The van der Waals surface area contributed by atoms with Crippen LogP contribution in [0.15, 0.2) is 42.5 Å². The molecule has 2 aromatic rings. The maximum absolute atomic E-state index is 13.1. The van der Waals surface area contributed by atoms with Crippen LogP contribution in [0.4, 0.5) is 18.9 Å². The summed E-state index contributed by atoms with van der Waals surface area (Å²) in [4.78, 5) is 16.6. The monoisotopic (exact) mass is 420 g/mol. The average Bonchev–Trinajstić information content (AvgIpc) is 2.90. The number of carbonyl (C=O) groups excluding carboxylic acids is 1. The fourth-order valence-corrected chi connectivity index (χ4v) is 3.76. The Bertz CT molecular complexity index is 911. The summed E-state index contributed by atoms with van der Waals surface area (Å²) >= 11 is 0. The van der Waals surface area contributed by atoms with E-state index in [9.17, 15) is 18.0 Å². The predicted molar refractivity (Wildman–Crippen MR) is 106 cm³/mol. The molecule has 0 unspecified atom stereocenters. The number of rotatable bonds is 4. The number of benzene rings is 2. The van der Waals surface area contributed by atoms with Crippen molar-refractivity contribution in [1.29, 1.82) is 0 Å². The topological polar surface area (TPSA) is 42.0 Å². The first-order valence-corrected chi connectivity index (χ1v) is 9.90. The molecule has 0 aliphatic carbocycles. The molecule has 160 valence electrons. The van der Waals surface area contributed by atoms with Crippen LogP contribution in [-0.4, -0.2) is 56.8 Å². The maximum Gasteiger partial charge on any atom is 0.416 e. The summed E-state index contributed by atoms with van der Waals surface area (Å²) < 4.78 is 50.2. The van der Waals surface area contributed by atoms with Crippen LogP contribution >= 0.6 is 0 Å². The standard InChI is InChI=1S/C22H23F3N2O3/c23-22(24,25)19-3-1-2-16(12-19)17-4-5-18-14-30-15-21(28)27(20(18)13-17)7-6-26-8-10-29-11-9-26/h1-5,12-13H,6-11,14-15H2. The van der Waals surface area contributed by atoms with Crippen LogP contribution in [0.25, 0.3) is 11.1 Å². The molecular weight excluding hydrogens is 397 g/mol. The number of amides is 1. The van der Waals surface area contributed by atoms with E-state index >= 15 is 0 Å². The zero-order valence-electron chi connectivity index (χ0n) is 16.5. The van der Waals surface area contributed by atoms with Crippen molar-refractivity contribution in [1.82, 2.24) is 4.90 Å². The number of hydrogen-bond acceptors (Lipinski definition) is 4. The third-order valence-electron chi connectivity index (χ3n) is 5.43. The number of halogens is 3. The predicted octanol–water partition coefficient (Wildman–Crippen LogP) is 3.57. The molecule has 1 saturated heterocycles. The van der Waals surface area contributed by atoms with Gasteiger partial charge in [0, 0.05) is 37.4 Å². The first-order valence-electron chi connectivity index (χ1n) is 9.90. The van der Waals surface area contributed by atoms with E-state index in [0.717, 1.165) is 30.8 Å². The van der Waals surface area contributed by atoms with Crippen molar-refractivity contribution in [2.75, 3.05) is 50.9 Å². The Morgan fingerprint density at radius 2 is 1.67 bits per heavy atom. The Morgan fingerprint density at radius 1 is 0.900 bits per heavy atom. The van der Waals surface area contributed by atoms with Gasteiger partial charge < -0.3 is 14.4 Å². The second kappa shape index (κ2) is 8.75. The fraction of sp³-hybridized carbons (Fsp3) is 0.409. The molecule has 0 bridgehead atoms. The molecule has 0 atom stereocenters. The Kier molecular flexibility index (Phi) is 6.08. The number of nitrogens with zero attached hydrogens (tertiary/aromatic N) is 2. The lowest BCUT2D eigenvalue weighted by Crippen LogP contribution is -2.43. The lowest BCUT2D eigenvalue weighted by molar-refractivity contribution is -0.137. The van der Waals surface area contributed by atoms with Gasteiger partial charge in [-0.15, -0.1) is 0 Å². The smallest absolute Gasteiger partial charge is 0.379 e. The number of hydrogen-bond donors (Lipinski definition) is 0. The summed E-state index contributed by atoms with van der Waals surface area (Å²) in [5, 5.41) is 0. The van der Waals surface area contributed by atoms with Gasteiger partial charge in [-0.05, 0) is 29.3 Å². The number of fused-ring (bicyclic) bond motifs is 1. The van der Waals surface area contributed by atoms with Crippen LogP contribution < -0.4 is 4.90 Å². The normalized spacial score (nSPS) is 18.2. The molecule has 0 saturated carbocycles. The minimum Gasteiger partial charge on any atom is -0.379 e. The summed E-state index contributed by atoms with van der Waals surface area (Å²) in [6.07, 6.45) is -4.41. The highest BCUT2D eigenvalue weighted by atomic mass is 19.4. The Hall–Kier alpha value is -2.42. The van der Waals surface area contributed by atoms with Crippen molar-refractivity contribution < 1.29 is 27.4 Å². The molecule has 2 aromatic carbocycles. The number of alkyl halides is 3. The summed E-state index contributed by atoms with van der Waals surface area (Å²) in [6, 6.07) is 10.6.